The summed E-state index contributed by atoms with van der Waals surface area (Å²) in [6, 6.07) is 20.5. The predicted molar refractivity (Wildman–Crippen MR) is 117 cm³/mol. The Kier molecular flexibility index (Phi) is 7.59. The van der Waals surface area contributed by atoms with Crippen molar-refractivity contribution in [2.45, 2.75) is 6.42 Å². The Labute approximate surface area is 180 Å². The molecular formula is C24H24N2O5. The van der Waals surface area contributed by atoms with Crippen molar-refractivity contribution < 1.29 is 23.9 Å². The van der Waals surface area contributed by atoms with Crippen LogP contribution >= 0.6 is 0 Å². The van der Waals surface area contributed by atoms with Crippen LogP contribution in [0.3, 0.4) is 0 Å². The molecule has 0 atom stereocenters. The Morgan fingerprint density at radius 3 is 2.35 bits per heavy atom. The fourth-order valence-corrected chi connectivity index (χ4v) is 2.97. The average Bonchev–Trinajstić information content (AvgIpc) is 2.81. The molecule has 0 fully saturated rings. The topological polar surface area (TPSA) is 93.7 Å². The van der Waals surface area contributed by atoms with E-state index in [0.29, 0.717) is 18.5 Å². The van der Waals surface area contributed by atoms with Gasteiger partial charge in [0.15, 0.2) is 6.61 Å². The third-order valence-corrected chi connectivity index (χ3v) is 4.66. The van der Waals surface area contributed by atoms with Crippen LogP contribution in [-0.4, -0.2) is 44.6 Å². The molecule has 0 saturated heterocycles. The zero-order chi connectivity index (χ0) is 22.1. The molecule has 3 rings (SSSR count). The number of benzene rings is 3. The first-order chi connectivity index (χ1) is 15.0. The molecule has 31 heavy (non-hydrogen) atoms. The van der Waals surface area contributed by atoms with Gasteiger partial charge < -0.3 is 20.1 Å². The second kappa shape index (κ2) is 10.8. The maximum Gasteiger partial charge on any atom is 0.325 e. The van der Waals surface area contributed by atoms with Crippen molar-refractivity contribution >= 4 is 28.6 Å². The highest BCUT2D eigenvalue weighted by Crippen LogP contribution is 2.15. The number of ether oxygens (including phenoxy) is 2. The SMILES string of the molecule is COc1ccc(CCNC(=O)COC(=O)CNC(=O)c2ccc3ccccc3c2)cc1. The number of amides is 2. The van der Waals surface area contributed by atoms with Crippen LogP contribution in [0.5, 0.6) is 5.75 Å². The second-order valence-electron chi connectivity index (χ2n) is 6.85. The van der Waals surface area contributed by atoms with E-state index < -0.39 is 18.5 Å². The Bertz CT molecular complexity index is 1060. The highest BCUT2D eigenvalue weighted by Gasteiger charge is 2.11. The average molecular weight is 420 g/mol. The molecule has 160 valence electrons. The van der Waals surface area contributed by atoms with E-state index in [9.17, 15) is 14.4 Å². The summed E-state index contributed by atoms with van der Waals surface area (Å²) in [6.07, 6.45) is 0.644. The molecule has 0 saturated carbocycles. The lowest BCUT2D eigenvalue weighted by atomic mass is 10.1. The molecule has 3 aromatic carbocycles. The lowest BCUT2D eigenvalue weighted by molar-refractivity contribution is -0.147. The minimum atomic E-state index is -0.681. The van der Waals surface area contributed by atoms with Crippen LogP contribution in [0.4, 0.5) is 0 Å². The lowest BCUT2D eigenvalue weighted by Gasteiger charge is -2.08. The molecular weight excluding hydrogens is 396 g/mol. The van der Waals surface area contributed by atoms with Crippen molar-refractivity contribution in [2.24, 2.45) is 0 Å². The first-order valence-electron chi connectivity index (χ1n) is 9.87. The van der Waals surface area contributed by atoms with E-state index >= 15 is 0 Å². The highest BCUT2D eigenvalue weighted by atomic mass is 16.5. The van der Waals surface area contributed by atoms with E-state index in [1.165, 1.54) is 0 Å². The number of fused-ring (bicyclic) bond motifs is 1. The van der Waals surface area contributed by atoms with Gasteiger partial charge in [-0.3, -0.25) is 14.4 Å². The van der Waals surface area contributed by atoms with Crippen LogP contribution in [0.15, 0.2) is 66.7 Å². The summed E-state index contributed by atoms with van der Waals surface area (Å²) < 4.78 is 10.0. The van der Waals surface area contributed by atoms with E-state index in [1.54, 1.807) is 19.2 Å². The van der Waals surface area contributed by atoms with E-state index in [2.05, 4.69) is 10.6 Å². The van der Waals surface area contributed by atoms with E-state index in [-0.39, 0.29) is 12.5 Å². The van der Waals surface area contributed by atoms with Crippen molar-refractivity contribution in [3.63, 3.8) is 0 Å². The summed E-state index contributed by atoms with van der Waals surface area (Å²) in [5.41, 5.74) is 1.50. The van der Waals surface area contributed by atoms with Crippen LogP contribution in [0.25, 0.3) is 10.8 Å². The van der Waals surface area contributed by atoms with Gasteiger partial charge in [0, 0.05) is 12.1 Å². The van der Waals surface area contributed by atoms with Crippen LogP contribution in [0.2, 0.25) is 0 Å². The Morgan fingerprint density at radius 2 is 1.61 bits per heavy atom. The zero-order valence-electron chi connectivity index (χ0n) is 17.2. The van der Waals surface area contributed by atoms with Crippen LogP contribution in [0.1, 0.15) is 15.9 Å². The molecule has 2 N–H and O–H groups in total. The largest absolute Gasteiger partial charge is 0.497 e. The molecule has 7 heteroatoms. The lowest BCUT2D eigenvalue weighted by Crippen LogP contribution is -2.34. The molecule has 0 radical (unpaired) electrons. The van der Waals surface area contributed by atoms with E-state index in [1.807, 2.05) is 54.6 Å². The minimum Gasteiger partial charge on any atom is -0.497 e. The number of hydrogen-bond acceptors (Lipinski definition) is 5. The third kappa shape index (κ3) is 6.57. The molecule has 2 amide bonds. The first kappa shape index (κ1) is 21.8. The number of methoxy groups -OCH3 is 1. The third-order valence-electron chi connectivity index (χ3n) is 4.66. The smallest absolute Gasteiger partial charge is 0.325 e. The summed E-state index contributed by atoms with van der Waals surface area (Å²) in [5, 5.41) is 7.15. The van der Waals surface area contributed by atoms with Crippen molar-refractivity contribution in [2.75, 3.05) is 26.8 Å². The van der Waals surface area contributed by atoms with Crippen molar-refractivity contribution in [1.82, 2.24) is 10.6 Å². The molecule has 0 aliphatic carbocycles. The van der Waals surface area contributed by atoms with Crippen molar-refractivity contribution in [1.29, 1.82) is 0 Å². The molecule has 7 nitrogen and oxygen atoms in total. The molecule has 3 aromatic rings. The Balaban J connectivity index is 1.35. The van der Waals surface area contributed by atoms with Gasteiger partial charge in [-0.05, 0) is 47.0 Å². The van der Waals surface area contributed by atoms with Gasteiger partial charge >= 0.3 is 5.97 Å². The zero-order valence-corrected chi connectivity index (χ0v) is 17.2. The summed E-state index contributed by atoms with van der Waals surface area (Å²) >= 11 is 0. The van der Waals surface area contributed by atoms with Crippen LogP contribution in [0, 0.1) is 0 Å². The second-order valence-corrected chi connectivity index (χ2v) is 6.85. The van der Waals surface area contributed by atoms with Crippen LogP contribution in [-0.2, 0) is 20.7 Å². The molecule has 0 heterocycles. The van der Waals surface area contributed by atoms with Gasteiger partial charge in [-0.1, -0.05) is 42.5 Å². The Morgan fingerprint density at radius 1 is 0.871 bits per heavy atom. The molecule has 0 bridgehead atoms. The van der Waals surface area contributed by atoms with Gasteiger partial charge in [0.05, 0.1) is 7.11 Å². The summed E-state index contributed by atoms with van der Waals surface area (Å²) in [7, 11) is 1.60. The van der Waals surface area contributed by atoms with Gasteiger partial charge in [-0.25, -0.2) is 0 Å². The summed E-state index contributed by atoms with van der Waals surface area (Å²) in [4.78, 5) is 35.9. The first-order valence-corrected chi connectivity index (χ1v) is 9.87. The highest BCUT2D eigenvalue weighted by molar-refractivity contribution is 5.99. The Hall–Kier alpha value is -3.87. The molecule has 0 aromatic heterocycles. The summed E-state index contributed by atoms with van der Waals surface area (Å²) in [6.45, 7) is -0.292. The minimum absolute atomic E-state index is 0.315. The fraction of sp³-hybridized carbons (Fsp3) is 0.208. The van der Waals surface area contributed by atoms with E-state index in [0.717, 1.165) is 22.1 Å². The quantitative estimate of drug-likeness (QED) is 0.519. The van der Waals surface area contributed by atoms with E-state index in [4.69, 9.17) is 9.47 Å². The molecule has 0 unspecified atom stereocenters. The molecule has 0 aliphatic heterocycles. The normalized spacial score (nSPS) is 10.4. The molecule has 0 spiro atoms. The van der Waals surface area contributed by atoms with Crippen LogP contribution < -0.4 is 15.4 Å². The van der Waals surface area contributed by atoms with Gasteiger partial charge in [0.25, 0.3) is 11.8 Å². The van der Waals surface area contributed by atoms with Crippen molar-refractivity contribution in [3.8, 4) is 5.75 Å². The summed E-state index contributed by atoms with van der Waals surface area (Å²) in [5.74, 6) is -0.693. The van der Waals surface area contributed by atoms with Gasteiger partial charge in [-0.15, -0.1) is 0 Å². The number of nitrogens with one attached hydrogen (secondary N) is 2. The number of rotatable bonds is 9. The standard InChI is InChI=1S/C24H24N2O5/c1-30-21-10-6-17(7-11-21)12-13-25-22(27)16-31-23(28)15-26-24(29)20-9-8-18-4-2-3-5-19(18)14-20/h2-11,14H,12-13,15-16H2,1H3,(H,25,27)(H,26,29). The number of carbonyl (C=O) groups is 3. The fourth-order valence-electron chi connectivity index (χ4n) is 2.97. The van der Waals surface area contributed by atoms with Gasteiger partial charge in [0.2, 0.25) is 0 Å². The number of hydrogen-bond donors (Lipinski definition) is 2. The monoisotopic (exact) mass is 420 g/mol. The predicted octanol–water partition coefficient (Wildman–Crippen LogP) is 2.48. The molecule has 0 aliphatic rings. The van der Waals surface area contributed by atoms with Crippen molar-refractivity contribution in [3.05, 3.63) is 77.9 Å². The maximum atomic E-state index is 12.2. The maximum absolute atomic E-state index is 12.2. The van der Waals surface area contributed by atoms with Gasteiger partial charge in [0.1, 0.15) is 12.3 Å². The number of esters is 1. The van der Waals surface area contributed by atoms with Gasteiger partial charge in [-0.2, -0.15) is 0 Å². The number of carbonyl (C=O) groups excluding carboxylic acids is 3.